The van der Waals surface area contributed by atoms with Crippen LogP contribution in [-0.4, -0.2) is 112 Å². The third-order valence-corrected chi connectivity index (χ3v) is 7.16. The maximum atomic E-state index is 5.51. The summed E-state index contributed by atoms with van der Waals surface area (Å²) >= 11 is 0. The van der Waals surface area contributed by atoms with Crippen molar-refractivity contribution in [1.82, 2.24) is 20.0 Å². The Balaban J connectivity index is 1.09. The smallest absolute Gasteiger partial charge is 0.193 e. The zero-order chi connectivity index (χ0) is 22.2. The molecular formula is C25H42N6O. The summed E-state index contributed by atoms with van der Waals surface area (Å²) in [5.74, 6) is 1.08. The molecule has 4 rings (SSSR count). The molecule has 0 amide bonds. The third-order valence-electron chi connectivity index (χ3n) is 7.16. The molecule has 7 heteroatoms. The van der Waals surface area contributed by atoms with Crippen LogP contribution >= 0.6 is 0 Å². The standard InChI is InChI=1S/C25H42N6O/c1-22-6-5-7-23(20-22)29-14-12-28(13-15-29)10-4-3-9-27-25(26-2)31-11-8-24(21-31)30-16-18-32-19-17-30/h5-7,20,24H,3-4,8-19,21H2,1-2H3,(H,26,27). The molecule has 3 aliphatic rings. The molecule has 3 aliphatic heterocycles. The van der Waals surface area contributed by atoms with E-state index in [0.29, 0.717) is 6.04 Å². The molecule has 1 unspecified atom stereocenters. The number of piperazine rings is 1. The van der Waals surface area contributed by atoms with Gasteiger partial charge in [0.15, 0.2) is 5.96 Å². The number of benzene rings is 1. The van der Waals surface area contributed by atoms with Crippen molar-refractivity contribution >= 4 is 11.6 Å². The second-order valence-corrected chi connectivity index (χ2v) is 9.39. The van der Waals surface area contributed by atoms with E-state index in [-0.39, 0.29) is 0 Å². The first-order valence-corrected chi connectivity index (χ1v) is 12.5. The zero-order valence-electron chi connectivity index (χ0n) is 20.1. The lowest BCUT2D eigenvalue weighted by Gasteiger charge is -2.36. The van der Waals surface area contributed by atoms with Crippen molar-refractivity contribution < 1.29 is 4.74 Å². The topological polar surface area (TPSA) is 46.6 Å². The van der Waals surface area contributed by atoms with Gasteiger partial charge in [-0.05, 0) is 50.4 Å². The number of ether oxygens (including phenoxy) is 1. The van der Waals surface area contributed by atoms with Crippen molar-refractivity contribution in [3.63, 3.8) is 0 Å². The number of nitrogens with zero attached hydrogens (tertiary/aromatic N) is 5. The number of morpholine rings is 1. The molecule has 1 atom stereocenters. The quantitative estimate of drug-likeness (QED) is 0.395. The molecule has 0 aromatic heterocycles. The summed E-state index contributed by atoms with van der Waals surface area (Å²) in [4.78, 5) is 14.7. The highest BCUT2D eigenvalue weighted by atomic mass is 16.5. The highest BCUT2D eigenvalue weighted by molar-refractivity contribution is 5.80. The second-order valence-electron chi connectivity index (χ2n) is 9.39. The maximum Gasteiger partial charge on any atom is 0.193 e. The predicted molar refractivity (Wildman–Crippen MR) is 133 cm³/mol. The summed E-state index contributed by atoms with van der Waals surface area (Å²) in [6, 6.07) is 9.54. The van der Waals surface area contributed by atoms with E-state index in [1.807, 2.05) is 7.05 Å². The molecule has 3 saturated heterocycles. The minimum absolute atomic E-state index is 0.649. The van der Waals surface area contributed by atoms with E-state index in [4.69, 9.17) is 4.74 Å². The number of aryl methyl sites for hydroxylation is 1. The number of likely N-dealkylation sites (tertiary alicyclic amines) is 1. The summed E-state index contributed by atoms with van der Waals surface area (Å²) < 4.78 is 5.51. The molecule has 178 valence electrons. The third kappa shape index (κ3) is 6.36. The molecule has 32 heavy (non-hydrogen) atoms. The summed E-state index contributed by atoms with van der Waals surface area (Å²) in [5, 5.41) is 3.61. The Morgan fingerprint density at radius 1 is 1.06 bits per heavy atom. The minimum Gasteiger partial charge on any atom is -0.379 e. The van der Waals surface area contributed by atoms with Gasteiger partial charge in [-0.1, -0.05) is 12.1 Å². The Morgan fingerprint density at radius 2 is 1.88 bits per heavy atom. The fourth-order valence-corrected chi connectivity index (χ4v) is 5.22. The molecule has 0 bridgehead atoms. The number of nitrogens with one attached hydrogen (secondary N) is 1. The van der Waals surface area contributed by atoms with Crippen LogP contribution in [0.3, 0.4) is 0 Å². The summed E-state index contributed by atoms with van der Waals surface area (Å²) in [6.07, 6.45) is 3.66. The summed E-state index contributed by atoms with van der Waals surface area (Å²) in [7, 11) is 1.91. The van der Waals surface area contributed by atoms with Gasteiger partial charge in [0.05, 0.1) is 13.2 Å². The van der Waals surface area contributed by atoms with Gasteiger partial charge in [0.1, 0.15) is 0 Å². The minimum atomic E-state index is 0.649. The Morgan fingerprint density at radius 3 is 2.62 bits per heavy atom. The van der Waals surface area contributed by atoms with E-state index in [9.17, 15) is 0 Å². The highest BCUT2D eigenvalue weighted by Gasteiger charge is 2.30. The molecule has 0 spiro atoms. The summed E-state index contributed by atoms with van der Waals surface area (Å²) in [5.41, 5.74) is 2.72. The lowest BCUT2D eigenvalue weighted by Crippen LogP contribution is -2.47. The van der Waals surface area contributed by atoms with Crippen molar-refractivity contribution in [1.29, 1.82) is 0 Å². The molecular weight excluding hydrogens is 400 g/mol. The summed E-state index contributed by atoms with van der Waals surface area (Å²) in [6.45, 7) is 15.1. The molecule has 1 aromatic rings. The van der Waals surface area contributed by atoms with Crippen LogP contribution in [0, 0.1) is 6.92 Å². The molecule has 3 heterocycles. The van der Waals surface area contributed by atoms with Crippen LogP contribution in [0.25, 0.3) is 0 Å². The van der Waals surface area contributed by atoms with Crippen LogP contribution in [0.15, 0.2) is 29.3 Å². The number of anilines is 1. The van der Waals surface area contributed by atoms with Crippen molar-refractivity contribution in [2.75, 3.05) is 90.6 Å². The SMILES string of the molecule is CN=C(NCCCCN1CCN(c2cccc(C)c2)CC1)N1CCC(N2CCOCC2)C1. The van der Waals surface area contributed by atoms with Gasteiger partial charge >= 0.3 is 0 Å². The first-order chi connectivity index (χ1) is 15.7. The van der Waals surface area contributed by atoms with Gasteiger partial charge < -0.3 is 19.9 Å². The van der Waals surface area contributed by atoms with Gasteiger partial charge in [0.25, 0.3) is 0 Å². The number of hydrogen-bond acceptors (Lipinski definition) is 5. The number of hydrogen-bond donors (Lipinski definition) is 1. The second kappa shape index (κ2) is 11.9. The van der Waals surface area contributed by atoms with Gasteiger partial charge in [0, 0.05) is 77.7 Å². The Kier molecular flexibility index (Phi) is 8.65. The first kappa shape index (κ1) is 23.3. The number of rotatable bonds is 7. The van der Waals surface area contributed by atoms with Crippen molar-refractivity contribution in [2.45, 2.75) is 32.2 Å². The van der Waals surface area contributed by atoms with Crippen molar-refractivity contribution in [3.05, 3.63) is 29.8 Å². The Bertz CT molecular complexity index is 727. The lowest BCUT2D eigenvalue weighted by molar-refractivity contribution is 0.0195. The fraction of sp³-hybridized carbons (Fsp3) is 0.720. The molecule has 1 N–H and O–H groups in total. The maximum absolute atomic E-state index is 5.51. The van der Waals surface area contributed by atoms with Crippen LogP contribution in [0.5, 0.6) is 0 Å². The number of aliphatic imine (C=N–C) groups is 1. The molecule has 0 radical (unpaired) electrons. The Hall–Kier alpha value is -1.83. The fourth-order valence-electron chi connectivity index (χ4n) is 5.22. The van der Waals surface area contributed by atoms with Gasteiger partial charge in [-0.2, -0.15) is 0 Å². The Labute approximate surface area is 194 Å². The van der Waals surface area contributed by atoms with Crippen LogP contribution < -0.4 is 10.2 Å². The van der Waals surface area contributed by atoms with E-state index in [1.54, 1.807) is 0 Å². The van der Waals surface area contributed by atoms with Gasteiger partial charge in [0.2, 0.25) is 0 Å². The average molecular weight is 443 g/mol. The van der Waals surface area contributed by atoms with E-state index < -0.39 is 0 Å². The van der Waals surface area contributed by atoms with E-state index in [1.165, 1.54) is 50.1 Å². The molecule has 0 aliphatic carbocycles. The number of guanidine groups is 1. The first-order valence-electron chi connectivity index (χ1n) is 12.5. The predicted octanol–water partition coefficient (Wildman–Crippen LogP) is 1.88. The number of unbranched alkanes of at least 4 members (excludes halogenated alkanes) is 1. The van der Waals surface area contributed by atoms with Crippen LogP contribution in [0.1, 0.15) is 24.8 Å². The van der Waals surface area contributed by atoms with Gasteiger partial charge in [-0.3, -0.25) is 14.8 Å². The molecule has 7 nitrogen and oxygen atoms in total. The van der Waals surface area contributed by atoms with Crippen LogP contribution in [0.2, 0.25) is 0 Å². The van der Waals surface area contributed by atoms with Crippen molar-refractivity contribution in [3.8, 4) is 0 Å². The van der Waals surface area contributed by atoms with Crippen LogP contribution in [-0.2, 0) is 4.74 Å². The van der Waals surface area contributed by atoms with E-state index in [2.05, 4.69) is 61.1 Å². The normalized spacial score (nSPS) is 23.7. The highest BCUT2D eigenvalue weighted by Crippen LogP contribution is 2.18. The van der Waals surface area contributed by atoms with Gasteiger partial charge in [-0.25, -0.2) is 0 Å². The molecule has 1 aromatic carbocycles. The molecule has 3 fully saturated rings. The van der Waals surface area contributed by atoms with E-state index >= 15 is 0 Å². The van der Waals surface area contributed by atoms with Crippen molar-refractivity contribution in [2.24, 2.45) is 4.99 Å². The van der Waals surface area contributed by atoms with Gasteiger partial charge in [-0.15, -0.1) is 0 Å². The van der Waals surface area contributed by atoms with E-state index in [0.717, 1.165) is 65.0 Å². The molecule has 0 saturated carbocycles. The average Bonchev–Trinajstić information content (AvgIpc) is 3.32. The zero-order valence-corrected chi connectivity index (χ0v) is 20.1. The lowest BCUT2D eigenvalue weighted by atomic mass is 10.2. The largest absolute Gasteiger partial charge is 0.379 e. The monoisotopic (exact) mass is 442 g/mol. The van der Waals surface area contributed by atoms with Crippen LogP contribution in [0.4, 0.5) is 5.69 Å².